The van der Waals surface area contributed by atoms with Gasteiger partial charge in [-0.2, -0.15) is 0 Å². The molecule has 0 aliphatic carbocycles. The van der Waals surface area contributed by atoms with Crippen LogP contribution >= 0.6 is 23.2 Å². The molecule has 0 heterocycles. The van der Waals surface area contributed by atoms with E-state index in [4.69, 9.17) is 32.7 Å². The molecule has 0 aliphatic heterocycles. The molecule has 6 heteroatoms. The molecule has 0 N–H and O–H groups in total. The van der Waals surface area contributed by atoms with Gasteiger partial charge in [0.1, 0.15) is 6.61 Å². The number of esters is 2. The first kappa shape index (κ1) is 15.8. The average molecular weight is 305 g/mol. The molecule has 1 rings (SSSR count). The smallest absolute Gasteiger partial charge is 0.306 e. The second-order valence-corrected chi connectivity index (χ2v) is 4.55. The van der Waals surface area contributed by atoms with E-state index >= 15 is 0 Å². The topological polar surface area (TPSA) is 52.6 Å². The van der Waals surface area contributed by atoms with Gasteiger partial charge in [-0.1, -0.05) is 29.3 Å². The van der Waals surface area contributed by atoms with E-state index in [1.54, 1.807) is 25.1 Å². The summed E-state index contributed by atoms with van der Waals surface area (Å²) in [6.45, 7) is 2.06. The molecule has 0 bridgehead atoms. The molecular weight excluding hydrogens is 291 g/mol. The first-order valence-corrected chi connectivity index (χ1v) is 6.53. The van der Waals surface area contributed by atoms with Crippen molar-refractivity contribution in [1.82, 2.24) is 0 Å². The maximum atomic E-state index is 11.4. The highest BCUT2D eigenvalue weighted by Crippen LogP contribution is 2.21. The Kier molecular flexibility index (Phi) is 6.67. The van der Waals surface area contributed by atoms with Crippen LogP contribution in [0.3, 0.4) is 0 Å². The van der Waals surface area contributed by atoms with E-state index in [-0.39, 0.29) is 19.4 Å². The summed E-state index contributed by atoms with van der Waals surface area (Å²) in [4.78, 5) is 22.5. The van der Waals surface area contributed by atoms with Crippen LogP contribution in [0.15, 0.2) is 18.2 Å². The van der Waals surface area contributed by atoms with Gasteiger partial charge in [-0.15, -0.1) is 0 Å². The van der Waals surface area contributed by atoms with Gasteiger partial charge in [-0.25, -0.2) is 0 Å². The van der Waals surface area contributed by atoms with Crippen molar-refractivity contribution in [3.05, 3.63) is 33.8 Å². The van der Waals surface area contributed by atoms with Crippen LogP contribution in [0.1, 0.15) is 25.3 Å². The number of carbonyl (C=O) groups excluding carboxylic acids is 2. The number of hydrogen-bond donors (Lipinski definition) is 0. The largest absolute Gasteiger partial charge is 0.466 e. The first-order valence-electron chi connectivity index (χ1n) is 5.78. The Morgan fingerprint density at radius 3 is 2.32 bits per heavy atom. The van der Waals surface area contributed by atoms with Gasteiger partial charge in [-0.05, 0) is 19.1 Å². The highest BCUT2D eigenvalue weighted by molar-refractivity contribution is 6.35. The summed E-state index contributed by atoms with van der Waals surface area (Å²) in [5.74, 6) is -0.886. The zero-order chi connectivity index (χ0) is 14.3. The molecule has 0 aliphatic rings. The molecule has 0 fully saturated rings. The Morgan fingerprint density at radius 2 is 1.74 bits per heavy atom. The summed E-state index contributed by atoms with van der Waals surface area (Å²) in [6.07, 6.45) is 0.00503. The molecular formula is C13H14Cl2O4. The summed E-state index contributed by atoms with van der Waals surface area (Å²) < 4.78 is 9.71. The van der Waals surface area contributed by atoms with Crippen LogP contribution in [0, 0.1) is 0 Å². The minimum Gasteiger partial charge on any atom is -0.466 e. The third-order valence-corrected chi connectivity index (χ3v) is 2.83. The van der Waals surface area contributed by atoms with Gasteiger partial charge >= 0.3 is 11.9 Å². The van der Waals surface area contributed by atoms with Crippen LogP contribution in [0.4, 0.5) is 0 Å². The van der Waals surface area contributed by atoms with E-state index in [2.05, 4.69) is 0 Å². The molecule has 0 spiro atoms. The number of halogens is 2. The van der Waals surface area contributed by atoms with Crippen molar-refractivity contribution in [3.8, 4) is 0 Å². The lowest BCUT2D eigenvalue weighted by Gasteiger charge is -2.07. The quantitative estimate of drug-likeness (QED) is 0.756. The maximum absolute atomic E-state index is 11.4. The summed E-state index contributed by atoms with van der Waals surface area (Å²) in [5, 5.41) is 0.952. The standard InChI is InChI=1S/C13H14Cl2O4/c1-2-18-12(16)5-6-13(17)19-8-9-3-4-10(14)7-11(9)15/h3-4,7H,2,5-6,8H2,1H3. The first-order chi connectivity index (χ1) is 9.02. The van der Waals surface area contributed by atoms with Crippen molar-refractivity contribution < 1.29 is 19.1 Å². The Morgan fingerprint density at radius 1 is 1.11 bits per heavy atom. The molecule has 19 heavy (non-hydrogen) atoms. The fourth-order valence-corrected chi connectivity index (χ4v) is 1.77. The number of benzene rings is 1. The number of rotatable bonds is 6. The number of carbonyl (C=O) groups is 2. The maximum Gasteiger partial charge on any atom is 0.306 e. The van der Waals surface area contributed by atoms with Crippen molar-refractivity contribution in [2.45, 2.75) is 26.4 Å². The van der Waals surface area contributed by atoms with Gasteiger partial charge in [0, 0.05) is 15.6 Å². The van der Waals surface area contributed by atoms with E-state index < -0.39 is 11.9 Å². The van der Waals surface area contributed by atoms with Crippen molar-refractivity contribution in [2.24, 2.45) is 0 Å². The molecule has 0 unspecified atom stereocenters. The van der Waals surface area contributed by atoms with Gasteiger partial charge in [0.2, 0.25) is 0 Å². The van der Waals surface area contributed by atoms with Crippen LogP contribution < -0.4 is 0 Å². The second kappa shape index (κ2) is 8.02. The summed E-state index contributed by atoms with van der Waals surface area (Å²) >= 11 is 11.7. The van der Waals surface area contributed by atoms with Crippen molar-refractivity contribution >= 4 is 35.1 Å². The van der Waals surface area contributed by atoms with E-state index in [1.165, 1.54) is 0 Å². The van der Waals surface area contributed by atoms with Crippen LogP contribution in [-0.4, -0.2) is 18.5 Å². The molecule has 0 aromatic heterocycles. The van der Waals surface area contributed by atoms with Crippen LogP contribution in [0.5, 0.6) is 0 Å². The lowest BCUT2D eigenvalue weighted by atomic mass is 10.2. The third-order valence-electron chi connectivity index (χ3n) is 2.24. The number of ether oxygens (including phenoxy) is 2. The zero-order valence-electron chi connectivity index (χ0n) is 10.4. The SMILES string of the molecule is CCOC(=O)CCC(=O)OCc1ccc(Cl)cc1Cl. The Labute approximate surface area is 121 Å². The summed E-state index contributed by atoms with van der Waals surface area (Å²) in [7, 11) is 0. The fraction of sp³-hybridized carbons (Fsp3) is 0.385. The van der Waals surface area contributed by atoms with Crippen LogP contribution in [0.2, 0.25) is 10.0 Å². The summed E-state index contributed by atoms with van der Waals surface area (Å²) in [6, 6.07) is 4.92. The summed E-state index contributed by atoms with van der Waals surface area (Å²) in [5.41, 5.74) is 0.663. The van der Waals surface area contributed by atoms with Crippen molar-refractivity contribution in [1.29, 1.82) is 0 Å². The molecule has 0 saturated heterocycles. The van der Waals surface area contributed by atoms with Gasteiger partial charge < -0.3 is 9.47 Å². The zero-order valence-corrected chi connectivity index (χ0v) is 12.0. The third kappa shape index (κ3) is 5.94. The van der Waals surface area contributed by atoms with Gasteiger partial charge in [0.15, 0.2) is 0 Å². The molecule has 1 aromatic rings. The lowest BCUT2D eigenvalue weighted by molar-refractivity contribution is -0.150. The van der Waals surface area contributed by atoms with E-state index in [9.17, 15) is 9.59 Å². The molecule has 0 saturated carbocycles. The number of hydrogen-bond acceptors (Lipinski definition) is 4. The van der Waals surface area contributed by atoms with Gasteiger partial charge in [0.05, 0.1) is 19.4 Å². The van der Waals surface area contributed by atoms with Crippen LogP contribution in [-0.2, 0) is 25.7 Å². The average Bonchev–Trinajstić information content (AvgIpc) is 2.35. The fourth-order valence-electron chi connectivity index (χ4n) is 1.31. The highest BCUT2D eigenvalue weighted by atomic mass is 35.5. The lowest BCUT2D eigenvalue weighted by Crippen LogP contribution is -2.10. The molecule has 104 valence electrons. The van der Waals surface area contributed by atoms with E-state index in [0.29, 0.717) is 22.2 Å². The molecule has 0 amide bonds. The molecule has 0 atom stereocenters. The minimum absolute atomic E-state index is 0.00988. The Hall–Kier alpha value is -1.26. The van der Waals surface area contributed by atoms with Crippen molar-refractivity contribution in [3.63, 3.8) is 0 Å². The Balaban J connectivity index is 2.36. The van der Waals surface area contributed by atoms with E-state index in [1.807, 2.05) is 0 Å². The monoisotopic (exact) mass is 304 g/mol. The second-order valence-electron chi connectivity index (χ2n) is 3.70. The minimum atomic E-state index is -0.473. The predicted molar refractivity (Wildman–Crippen MR) is 72.1 cm³/mol. The Bertz CT molecular complexity index is 460. The predicted octanol–water partition coefficient (Wildman–Crippen LogP) is 3.38. The molecule has 1 aromatic carbocycles. The van der Waals surface area contributed by atoms with Crippen LogP contribution in [0.25, 0.3) is 0 Å². The normalized spacial score (nSPS) is 10.1. The molecule has 0 radical (unpaired) electrons. The highest BCUT2D eigenvalue weighted by Gasteiger charge is 2.10. The molecule has 4 nitrogen and oxygen atoms in total. The van der Waals surface area contributed by atoms with Gasteiger partial charge in [-0.3, -0.25) is 9.59 Å². The van der Waals surface area contributed by atoms with E-state index in [0.717, 1.165) is 0 Å². The van der Waals surface area contributed by atoms with Crippen molar-refractivity contribution in [2.75, 3.05) is 6.61 Å². The van der Waals surface area contributed by atoms with Gasteiger partial charge in [0.25, 0.3) is 0 Å².